The second-order valence-electron chi connectivity index (χ2n) is 6.31. The minimum atomic E-state index is 0. The van der Waals surface area contributed by atoms with Gasteiger partial charge in [0.15, 0.2) is 0 Å². The largest absolute Gasteiger partial charge is 0.356 e. The van der Waals surface area contributed by atoms with E-state index in [0.29, 0.717) is 5.92 Å². The zero-order valence-electron chi connectivity index (χ0n) is 12.7. The van der Waals surface area contributed by atoms with Gasteiger partial charge in [0.25, 0.3) is 0 Å². The first-order valence-electron chi connectivity index (χ1n) is 8.33. The van der Waals surface area contributed by atoms with Crippen LogP contribution < -0.4 is 5.32 Å². The average Bonchev–Trinajstić information content (AvgIpc) is 2.92. The molecule has 0 atom stereocenters. The SMILES string of the molecule is Cl.O=C(CC1CCCCC1)NCCCCN1CCCC1. The van der Waals surface area contributed by atoms with Crippen LogP contribution in [0.2, 0.25) is 0 Å². The average molecular weight is 303 g/mol. The number of nitrogens with one attached hydrogen (secondary N) is 1. The second kappa shape index (κ2) is 10.4. The summed E-state index contributed by atoms with van der Waals surface area (Å²) in [5.41, 5.74) is 0. The molecule has 0 unspecified atom stereocenters. The number of unbranched alkanes of at least 4 members (excludes halogenated alkanes) is 1. The monoisotopic (exact) mass is 302 g/mol. The van der Waals surface area contributed by atoms with Crippen LogP contribution in [0.15, 0.2) is 0 Å². The molecular formula is C16H31ClN2O. The Kier molecular flexibility index (Phi) is 9.28. The molecular weight excluding hydrogens is 272 g/mol. The standard InChI is InChI=1S/C16H30N2O.ClH/c19-16(14-15-8-2-1-3-9-15)17-10-4-5-11-18-12-6-7-13-18;/h15H,1-14H2,(H,17,19);1H. The maximum Gasteiger partial charge on any atom is 0.220 e. The minimum Gasteiger partial charge on any atom is -0.356 e. The summed E-state index contributed by atoms with van der Waals surface area (Å²) in [5.74, 6) is 0.950. The number of likely N-dealkylation sites (tertiary alicyclic amines) is 1. The van der Waals surface area contributed by atoms with Gasteiger partial charge in [0.2, 0.25) is 5.91 Å². The first-order valence-corrected chi connectivity index (χ1v) is 8.33. The highest BCUT2D eigenvalue weighted by Crippen LogP contribution is 2.25. The molecule has 1 amide bonds. The molecule has 20 heavy (non-hydrogen) atoms. The number of carbonyl (C=O) groups excluding carboxylic acids is 1. The van der Waals surface area contributed by atoms with Crippen LogP contribution in [-0.2, 0) is 4.79 Å². The number of carbonyl (C=O) groups is 1. The van der Waals surface area contributed by atoms with Crippen LogP contribution in [-0.4, -0.2) is 37.0 Å². The zero-order valence-corrected chi connectivity index (χ0v) is 13.6. The zero-order chi connectivity index (χ0) is 13.3. The van der Waals surface area contributed by atoms with E-state index in [1.807, 2.05) is 0 Å². The van der Waals surface area contributed by atoms with E-state index >= 15 is 0 Å². The van der Waals surface area contributed by atoms with Crippen molar-refractivity contribution in [2.24, 2.45) is 5.92 Å². The van der Waals surface area contributed by atoms with Crippen molar-refractivity contribution in [3.05, 3.63) is 0 Å². The third-order valence-corrected chi connectivity index (χ3v) is 4.62. The molecule has 0 radical (unpaired) electrons. The predicted molar refractivity (Wildman–Crippen MR) is 86.4 cm³/mol. The molecule has 0 aromatic carbocycles. The first kappa shape index (κ1) is 17.8. The Morgan fingerprint density at radius 2 is 1.70 bits per heavy atom. The summed E-state index contributed by atoms with van der Waals surface area (Å²) in [7, 11) is 0. The molecule has 2 aliphatic rings. The van der Waals surface area contributed by atoms with Crippen molar-refractivity contribution in [1.82, 2.24) is 10.2 Å². The van der Waals surface area contributed by atoms with Crippen LogP contribution in [0, 0.1) is 5.92 Å². The Morgan fingerprint density at radius 1 is 1.00 bits per heavy atom. The van der Waals surface area contributed by atoms with Crippen molar-refractivity contribution in [1.29, 1.82) is 0 Å². The lowest BCUT2D eigenvalue weighted by Crippen LogP contribution is -2.28. The van der Waals surface area contributed by atoms with Crippen molar-refractivity contribution in [2.75, 3.05) is 26.2 Å². The number of rotatable bonds is 7. The van der Waals surface area contributed by atoms with Crippen LogP contribution in [0.4, 0.5) is 0 Å². The molecule has 1 saturated carbocycles. The summed E-state index contributed by atoms with van der Waals surface area (Å²) in [6.45, 7) is 4.67. The highest BCUT2D eigenvalue weighted by atomic mass is 35.5. The third-order valence-electron chi connectivity index (χ3n) is 4.62. The molecule has 3 nitrogen and oxygen atoms in total. The van der Waals surface area contributed by atoms with Gasteiger partial charge in [-0.25, -0.2) is 0 Å². The normalized spacial score (nSPS) is 20.6. The Labute approximate surface area is 130 Å². The Hall–Kier alpha value is -0.280. The highest BCUT2D eigenvalue weighted by molar-refractivity contribution is 5.85. The van der Waals surface area contributed by atoms with Gasteiger partial charge in [0, 0.05) is 13.0 Å². The molecule has 0 aromatic rings. The molecule has 0 bridgehead atoms. The molecule has 118 valence electrons. The summed E-state index contributed by atoms with van der Waals surface area (Å²) in [6, 6.07) is 0. The maximum atomic E-state index is 11.8. The second-order valence-corrected chi connectivity index (χ2v) is 6.31. The lowest BCUT2D eigenvalue weighted by molar-refractivity contribution is -0.122. The Bertz CT molecular complexity index is 261. The number of halogens is 1. The fraction of sp³-hybridized carbons (Fsp3) is 0.938. The molecule has 0 aromatic heterocycles. The van der Waals surface area contributed by atoms with Crippen molar-refractivity contribution < 1.29 is 4.79 Å². The van der Waals surface area contributed by atoms with Crippen LogP contribution in [0.5, 0.6) is 0 Å². The summed E-state index contributed by atoms with van der Waals surface area (Å²) in [4.78, 5) is 14.4. The van der Waals surface area contributed by atoms with Gasteiger partial charge in [0.05, 0.1) is 0 Å². The van der Waals surface area contributed by atoms with Crippen molar-refractivity contribution >= 4 is 18.3 Å². The van der Waals surface area contributed by atoms with E-state index in [-0.39, 0.29) is 18.3 Å². The number of amides is 1. The predicted octanol–water partition coefficient (Wildman–Crippen LogP) is 3.37. The Morgan fingerprint density at radius 3 is 2.40 bits per heavy atom. The molecule has 0 spiro atoms. The van der Waals surface area contributed by atoms with Gasteiger partial charge in [-0.05, 0) is 64.1 Å². The van der Waals surface area contributed by atoms with E-state index in [4.69, 9.17) is 0 Å². The number of hydrogen-bond acceptors (Lipinski definition) is 2. The maximum absolute atomic E-state index is 11.8. The smallest absolute Gasteiger partial charge is 0.220 e. The molecule has 2 fully saturated rings. The van der Waals surface area contributed by atoms with Gasteiger partial charge in [-0.3, -0.25) is 4.79 Å². The van der Waals surface area contributed by atoms with Gasteiger partial charge >= 0.3 is 0 Å². The molecule has 1 aliphatic carbocycles. The van der Waals surface area contributed by atoms with Crippen LogP contribution in [0.3, 0.4) is 0 Å². The van der Waals surface area contributed by atoms with E-state index < -0.39 is 0 Å². The lowest BCUT2D eigenvalue weighted by atomic mass is 9.87. The molecule has 1 heterocycles. The first-order chi connectivity index (χ1) is 9.34. The van der Waals surface area contributed by atoms with Crippen LogP contribution in [0.25, 0.3) is 0 Å². The van der Waals surface area contributed by atoms with Gasteiger partial charge in [-0.2, -0.15) is 0 Å². The van der Waals surface area contributed by atoms with Crippen molar-refractivity contribution in [3.8, 4) is 0 Å². The van der Waals surface area contributed by atoms with E-state index in [9.17, 15) is 4.79 Å². The van der Waals surface area contributed by atoms with E-state index in [2.05, 4.69) is 10.2 Å². The third kappa shape index (κ3) is 6.94. The topological polar surface area (TPSA) is 32.3 Å². The van der Waals surface area contributed by atoms with Gasteiger partial charge in [0.1, 0.15) is 0 Å². The van der Waals surface area contributed by atoms with Crippen LogP contribution >= 0.6 is 12.4 Å². The van der Waals surface area contributed by atoms with Gasteiger partial charge in [-0.15, -0.1) is 12.4 Å². The fourth-order valence-electron chi connectivity index (χ4n) is 3.42. The van der Waals surface area contributed by atoms with E-state index in [0.717, 1.165) is 19.4 Å². The summed E-state index contributed by atoms with van der Waals surface area (Å²) in [5, 5.41) is 3.10. The number of nitrogens with zero attached hydrogens (tertiary/aromatic N) is 1. The van der Waals surface area contributed by atoms with E-state index in [1.165, 1.54) is 71.0 Å². The molecule has 4 heteroatoms. The quantitative estimate of drug-likeness (QED) is 0.731. The molecule has 1 aliphatic heterocycles. The van der Waals surface area contributed by atoms with Gasteiger partial charge in [-0.1, -0.05) is 19.3 Å². The van der Waals surface area contributed by atoms with Crippen molar-refractivity contribution in [2.45, 2.75) is 64.2 Å². The van der Waals surface area contributed by atoms with E-state index in [1.54, 1.807) is 0 Å². The number of hydrogen-bond donors (Lipinski definition) is 1. The van der Waals surface area contributed by atoms with Crippen molar-refractivity contribution in [3.63, 3.8) is 0 Å². The summed E-state index contributed by atoms with van der Waals surface area (Å²) in [6.07, 6.45) is 12.4. The minimum absolute atomic E-state index is 0. The summed E-state index contributed by atoms with van der Waals surface area (Å²) >= 11 is 0. The lowest BCUT2D eigenvalue weighted by Gasteiger charge is -2.20. The van der Waals surface area contributed by atoms with Gasteiger partial charge < -0.3 is 10.2 Å². The highest BCUT2D eigenvalue weighted by Gasteiger charge is 2.16. The molecule has 1 saturated heterocycles. The fourth-order valence-corrected chi connectivity index (χ4v) is 3.42. The Balaban J connectivity index is 0.00000200. The summed E-state index contributed by atoms with van der Waals surface area (Å²) < 4.78 is 0. The van der Waals surface area contributed by atoms with Crippen LogP contribution in [0.1, 0.15) is 64.2 Å². The molecule has 1 N–H and O–H groups in total. The molecule has 2 rings (SSSR count).